The molecule has 2 fully saturated rings. The minimum absolute atomic E-state index is 0.106. The third kappa shape index (κ3) is 2.36. The summed E-state index contributed by atoms with van der Waals surface area (Å²) in [4.78, 5) is 21.9. The van der Waals surface area contributed by atoms with Crippen molar-refractivity contribution in [1.29, 1.82) is 0 Å². The molecule has 0 amide bonds. The number of hydrogen-bond acceptors (Lipinski definition) is 6. The molecule has 1 aliphatic heterocycles. The molecule has 3 heterocycles. The number of aryl methyl sites for hydroxylation is 1. The zero-order valence-corrected chi connectivity index (χ0v) is 15.6. The summed E-state index contributed by atoms with van der Waals surface area (Å²) in [5, 5.41) is 16.7. The lowest BCUT2D eigenvalue weighted by atomic mass is 10.0. The van der Waals surface area contributed by atoms with Crippen LogP contribution >= 0.6 is 0 Å². The highest BCUT2D eigenvalue weighted by atomic mass is 19.3. The van der Waals surface area contributed by atoms with Gasteiger partial charge in [-0.2, -0.15) is 8.78 Å². The van der Waals surface area contributed by atoms with E-state index in [-0.39, 0.29) is 48.0 Å². The van der Waals surface area contributed by atoms with Gasteiger partial charge in [-0.15, -0.1) is 5.10 Å². The predicted octanol–water partition coefficient (Wildman–Crippen LogP) is 1.86. The lowest BCUT2D eigenvalue weighted by Gasteiger charge is -2.25. The normalized spacial score (nSPS) is 29.6. The van der Waals surface area contributed by atoms with Gasteiger partial charge in [-0.05, 0) is 23.7 Å². The largest absolute Gasteiger partial charge is 0.481 e. The number of fused-ring (bicyclic) bond motifs is 2. The summed E-state index contributed by atoms with van der Waals surface area (Å²) in [5.41, 5.74) is 0.669. The average Bonchev–Trinajstić information content (AvgIpc) is 3.05. The number of anilines is 1. The molecule has 2 aromatic rings. The van der Waals surface area contributed by atoms with Crippen LogP contribution in [0.5, 0.6) is 0 Å². The summed E-state index contributed by atoms with van der Waals surface area (Å²) in [6.45, 7) is 3.33. The second-order valence-electron chi connectivity index (χ2n) is 8.34. The maximum atomic E-state index is 14.5. The van der Waals surface area contributed by atoms with Crippen molar-refractivity contribution in [1.82, 2.24) is 25.0 Å². The van der Waals surface area contributed by atoms with Crippen molar-refractivity contribution in [2.45, 2.75) is 32.1 Å². The quantitative estimate of drug-likeness (QED) is 0.851. The van der Waals surface area contributed by atoms with E-state index in [2.05, 4.69) is 27.2 Å². The van der Waals surface area contributed by atoms with E-state index in [0.717, 1.165) is 0 Å². The van der Waals surface area contributed by atoms with Crippen LogP contribution in [0.3, 0.4) is 0 Å². The van der Waals surface area contributed by atoms with Gasteiger partial charge in [0.05, 0.1) is 6.20 Å². The van der Waals surface area contributed by atoms with Gasteiger partial charge in [0, 0.05) is 38.5 Å². The fraction of sp³-hybridized carbons (Fsp3) is 0.611. The summed E-state index contributed by atoms with van der Waals surface area (Å²) >= 11 is 0. The Morgan fingerprint density at radius 1 is 1.39 bits per heavy atom. The number of carbonyl (C=O) groups is 1. The monoisotopic (exact) mass is 390 g/mol. The summed E-state index contributed by atoms with van der Waals surface area (Å²) < 4.78 is 30.4. The number of carboxylic acids is 1. The summed E-state index contributed by atoms with van der Waals surface area (Å²) in [5.74, 6) is -2.65. The van der Waals surface area contributed by atoms with E-state index in [4.69, 9.17) is 5.11 Å². The number of piperidine rings is 1. The third-order valence-electron chi connectivity index (χ3n) is 6.68. The Morgan fingerprint density at radius 2 is 2.18 bits per heavy atom. The number of hydrogen-bond donors (Lipinski definition) is 1. The molecule has 3 aliphatic rings. The van der Waals surface area contributed by atoms with Crippen LogP contribution in [0.15, 0.2) is 6.20 Å². The Morgan fingerprint density at radius 3 is 2.79 bits per heavy atom. The molecule has 8 nitrogen and oxygen atoms in total. The van der Waals surface area contributed by atoms with Crippen LogP contribution < -0.4 is 4.90 Å². The number of alkyl halides is 2. The van der Waals surface area contributed by atoms with E-state index in [1.807, 2.05) is 4.90 Å². The first-order chi connectivity index (χ1) is 13.2. The molecule has 5 rings (SSSR count). The number of carboxylic acid groups (broad SMARTS) is 1. The fourth-order valence-corrected chi connectivity index (χ4v) is 5.05. The number of nitrogens with zero attached hydrogens (tertiary/aromatic N) is 6. The van der Waals surface area contributed by atoms with Gasteiger partial charge in [-0.1, -0.05) is 12.1 Å². The highest BCUT2D eigenvalue weighted by Gasteiger charge is 2.66. The molecule has 0 bridgehead atoms. The van der Waals surface area contributed by atoms with Gasteiger partial charge in [0.2, 0.25) is 0 Å². The van der Waals surface area contributed by atoms with Crippen LogP contribution in [-0.2, 0) is 24.2 Å². The van der Waals surface area contributed by atoms with Crippen molar-refractivity contribution in [2.24, 2.45) is 24.3 Å². The Labute approximate surface area is 159 Å². The lowest BCUT2D eigenvalue weighted by molar-refractivity contribution is -0.137. The smallest absolute Gasteiger partial charge is 0.303 e. The Bertz CT molecular complexity index is 992. The predicted molar refractivity (Wildman–Crippen MR) is 93.8 cm³/mol. The lowest BCUT2D eigenvalue weighted by Crippen LogP contribution is -2.29. The molecule has 0 aromatic carbocycles. The van der Waals surface area contributed by atoms with Gasteiger partial charge >= 0.3 is 5.97 Å². The first-order valence-electron chi connectivity index (χ1n) is 9.32. The molecule has 2 aliphatic carbocycles. The molecular formula is C18H20F2N6O2. The molecule has 1 N–H and O–H groups in total. The van der Waals surface area contributed by atoms with Crippen LogP contribution in [-0.4, -0.2) is 49.1 Å². The van der Waals surface area contributed by atoms with Gasteiger partial charge in [0.25, 0.3) is 5.92 Å². The Hall–Kier alpha value is -2.65. The van der Waals surface area contributed by atoms with Crippen LogP contribution in [0.2, 0.25) is 0 Å². The van der Waals surface area contributed by atoms with Gasteiger partial charge in [-0.25, -0.2) is 14.6 Å². The van der Waals surface area contributed by atoms with E-state index >= 15 is 0 Å². The molecule has 0 radical (unpaired) electrons. The molecule has 0 spiro atoms. The fourth-order valence-electron chi connectivity index (χ4n) is 5.05. The third-order valence-corrected chi connectivity index (χ3v) is 6.68. The van der Waals surface area contributed by atoms with E-state index < -0.39 is 11.9 Å². The van der Waals surface area contributed by atoms with Crippen molar-refractivity contribution in [3.05, 3.63) is 17.5 Å². The summed E-state index contributed by atoms with van der Waals surface area (Å²) in [6.07, 6.45) is 1.58. The van der Waals surface area contributed by atoms with Crippen molar-refractivity contribution < 1.29 is 18.7 Å². The van der Waals surface area contributed by atoms with Crippen molar-refractivity contribution in [3.8, 4) is 11.5 Å². The number of aliphatic carboxylic acids is 1. The maximum Gasteiger partial charge on any atom is 0.303 e. The molecule has 28 heavy (non-hydrogen) atoms. The topological polar surface area (TPSA) is 97.0 Å². The Kier molecular flexibility index (Phi) is 3.40. The minimum Gasteiger partial charge on any atom is -0.481 e. The highest BCUT2D eigenvalue weighted by molar-refractivity contribution is 5.68. The molecule has 10 heteroatoms. The highest BCUT2D eigenvalue weighted by Crippen LogP contribution is 2.65. The van der Waals surface area contributed by atoms with Crippen LogP contribution in [0.4, 0.5) is 14.6 Å². The molecule has 0 unspecified atom stereocenters. The molecule has 1 saturated heterocycles. The summed E-state index contributed by atoms with van der Waals surface area (Å²) in [7, 11) is 1.67. The number of halogens is 2. The van der Waals surface area contributed by atoms with Crippen LogP contribution in [0.1, 0.15) is 31.0 Å². The minimum atomic E-state index is -2.98. The molecule has 148 valence electrons. The second kappa shape index (κ2) is 5.45. The van der Waals surface area contributed by atoms with E-state index in [1.165, 1.54) is 10.9 Å². The van der Waals surface area contributed by atoms with Gasteiger partial charge < -0.3 is 10.0 Å². The average molecular weight is 390 g/mol. The zero-order valence-electron chi connectivity index (χ0n) is 15.6. The van der Waals surface area contributed by atoms with E-state index in [1.54, 1.807) is 7.05 Å². The van der Waals surface area contributed by atoms with Crippen molar-refractivity contribution >= 4 is 11.8 Å². The van der Waals surface area contributed by atoms with Crippen LogP contribution in [0.25, 0.3) is 11.5 Å². The SMILES string of the molecule is Cn1nncc1-c1nc(N2C[C@@H]3[C@@H](CC(=O)O)[C@]3(C)C2)c2c(n1)C(F)(F)CC2. The molecular weight excluding hydrogens is 370 g/mol. The van der Waals surface area contributed by atoms with Gasteiger partial charge in [-0.3, -0.25) is 4.79 Å². The molecule has 2 aromatic heterocycles. The van der Waals surface area contributed by atoms with Gasteiger partial charge in [0.15, 0.2) is 5.82 Å². The van der Waals surface area contributed by atoms with Crippen LogP contribution in [0, 0.1) is 17.3 Å². The first-order valence-corrected chi connectivity index (χ1v) is 9.32. The van der Waals surface area contributed by atoms with Crippen molar-refractivity contribution in [2.75, 3.05) is 18.0 Å². The van der Waals surface area contributed by atoms with E-state index in [9.17, 15) is 13.6 Å². The summed E-state index contributed by atoms with van der Waals surface area (Å²) in [6, 6.07) is 0. The number of aromatic nitrogens is 5. The van der Waals surface area contributed by atoms with E-state index in [0.29, 0.717) is 30.2 Å². The number of rotatable bonds is 4. The van der Waals surface area contributed by atoms with Gasteiger partial charge in [0.1, 0.15) is 17.2 Å². The Balaban J connectivity index is 1.53. The standard InChI is InChI=1S/C18H20F2N6O2/c1-17-8-26(7-11(17)10(17)5-13(27)28)16-9-3-4-18(19,20)14(9)22-15(23-16)12-6-21-24-25(12)2/h6,10-11H,3-5,7-8H2,1-2H3,(H,27,28)/t10-,11-,17+/m1/s1. The zero-order chi connectivity index (χ0) is 19.8. The maximum absolute atomic E-state index is 14.5. The van der Waals surface area contributed by atoms with Crippen molar-refractivity contribution in [3.63, 3.8) is 0 Å². The molecule has 3 atom stereocenters. The molecule has 1 saturated carbocycles. The second-order valence-corrected chi connectivity index (χ2v) is 8.34. The first kappa shape index (κ1) is 17.4.